The number of methoxy groups -OCH3 is 1. The maximum Gasteiger partial charge on any atom is 0.266 e. The largest absolute Gasteiger partial charge is 0.495 e. The number of carbonyl (C=O) groups is 2. The van der Waals surface area contributed by atoms with Gasteiger partial charge in [0.25, 0.3) is 11.8 Å². The Kier molecular flexibility index (Phi) is 2.79. The van der Waals surface area contributed by atoms with Crippen LogP contribution >= 0.6 is 0 Å². The van der Waals surface area contributed by atoms with Crippen LogP contribution in [0.15, 0.2) is 42.5 Å². The van der Waals surface area contributed by atoms with Gasteiger partial charge in [0.1, 0.15) is 5.75 Å². The second-order valence-corrected chi connectivity index (χ2v) is 4.67. The number of hydrogen-bond acceptors (Lipinski definition) is 3. The van der Waals surface area contributed by atoms with Crippen LogP contribution in [0.3, 0.4) is 0 Å². The third-order valence-electron chi connectivity index (χ3n) is 3.37. The molecule has 2 aromatic rings. The lowest BCUT2D eigenvalue weighted by Crippen LogP contribution is -2.29. The second kappa shape index (κ2) is 4.49. The first kappa shape index (κ1) is 12.4. The van der Waals surface area contributed by atoms with Crippen molar-refractivity contribution in [3.05, 3.63) is 59.2 Å². The maximum absolute atomic E-state index is 12.4. The number of carbonyl (C=O) groups excluding carboxylic acids is 2. The molecular weight excluding hydrogens is 254 g/mol. The molecule has 1 aliphatic heterocycles. The number of amides is 2. The highest BCUT2D eigenvalue weighted by Gasteiger charge is 2.37. The first-order chi connectivity index (χ1) is 9.63. The molecular formula is C16H13NO3. The molecule has 2 aromatic carbocycles. The van der Waals surface area contributed by atoms with E-state index in [4.69, 9.17) is 4.74 Å². The van der Waals surface area contributed by atoms with Crippen molar-refractivity contribution < 1.29 is 14.3 Å². The van der Waals surface area contributed by atoms with E-state index >= 15 is 0 Å². The zero-order valence-corrected chi connectivity index (χ0v) is 11.2. The van der Waals surface area contributed by atoms with Crippen molar-refractivity contribution in [1.82, 2.24) is 0 Å². The molecule has 3 rings (SSSR count). The van der Waals surface area contributed by atoms with E-state index in [2.05, 4.69) is 0 Å². The van der Waals surface area contributed by atoms with Gasteiger partial charge in [0.05, 0.1) is 23.9 Å². The van der Waals surface area contributed by atoms with Gasteiger partial charge in [0.2, 0.25) is 0 Å². The molecule has 1 aliphatic rings. The maximum atomic E-state index is 12.4. The molecule has 0 bridgehead atoms. The summed E-state index contributed by atoms with van der Waals surface area (Å²) in [6, 6.07) is 12.2. The van der Waals surface area contributed by atoms with Gasteiger partial charge in [-0.05, 0) is 36.8 Å². The lowest BCUT2D eigenvalue weighted by atomic mass is 10.1. The average Bonchev–Trinajstić information content (AvgIpc) is 2.71. The fraction of sp³-hybridized carbons (Fsp3) is 0.125. The highest BCUT2D eigenvalue weighted by molar-refractivity contribution is 6.34. The van der Waals surface area contributed by atoms with Crippen LogP contribution in [-0.4, -0.2) is 18.9 Å². The van der Waals surface area contributed by atoms with Crippen LogP contribution in [0.25, 0.3) is 0 Å². The molecule has 0 fully saturated rings. The van der Waals surface area contributed by atoms with Crippen molar-refractivity contribution in [3.8, 4) is 5.75 Å². The Morgan fingerprint density at radius 3 is 2.10 bits per heavy atom. The smallest absolute Gasteiger partial charge is 0.266 e. The Balaban J connectivity index is 2.16. The number of aryl methyl sites for hydroxylation is 1. The second-order valence-electron chi connectivity index (χ2n) is 4.67. The summed E-state index contributed by atoms with van der Waals surface area (Å²) in [5, 5.41) is 0. The Labute approximate surface area is 116 Å². The summed E-state index contributed by atoms with van der Waals surface area (Å²) in [5.41, 5.74) is 2.30. The van der Waals surface area contributed by atoms with Crippen molar-refractivity contribution in [3.63, 3.8) is 0 Å². The number of anilines is 1. The van der Waals surface area contributed by atoms with Gasteiger partial charge in [-0.1, -0.05) is 18.2 Å². The van der Waals surface area contributed by atoms with Crippen molar-refractivity contribution in [2.24, 2.45) is 0 Å². The van der Waals surface area contributed by atoms with E-state index < -0.39 is 0 Å². The zero-order chi connectivity index (χ0) is 14.3. The zero-order valence-electron chi connectivity index (χ0n) is 11.2. The van der Waals surface area contributed by atoms with Gasteiger partial charge in [0.15, 0.2) is 0 Å². The summed E-state index contributed by atoms with van der Waals surface area (Å²) >= 11 is 0. The highest BCUT2D eigenvalue weighted by atomic mass is 16.5. The molecule has 0 saturated heterocycles. The van der Waals surface area contributed by atoms with Crippen molar-refractivity contribution in [2.75, 3.05) is 12.0 Å². The molecule has 1 heterocycles. The summed E-state index contributed by atoms with van der Waals surface area (Å²) in [6.07, 6.45) is 0. The number of hydrogen-bond donors (Lipinski definition) is 0. The van der Waals surface area contributed by atoms with Crippen molar-refractivity contribution in [1.29, 1.82) is 0 Å². The summed E-state index contributed by atoms with van der Waals surface area (Å²) in [6.45, 7) is 1.90. The molecule has 0 unspecified atom stereocenters. The van der Waals surface area contributed by atoms with E-state index in [1.54, 1.807) is 36.4 Å². The van der Waals surface area contributed by atoms with E-state index in [1.807, 2.05) is 13.0 Å². The predicted octanol–water partition coefficient (Wildman–Crippen LogP) is 2.80. The van der Waals surface area contributed by atoms with Gasteiger partial charge in [-0.3, -0.25) is 9.59 Å². The topological polar surface area (TPSA) is 46.6 Å². The van der Waals surface area contributed by atoms with Crippen LogP contribution in [0.2, 0.25) is 0 Å². The molecule has 0 N–H and O–H groups in total. The van der Waals surface area contributed by atoms with E-state index in [1.165, 1.54) is 12.0 Å². The number of fused-ring (bicyclic) bond motifs is 1. The van der Waals surface area contributed by atoms with Crippen molar-refractivity contribution in [2.45, 2.75) is 6.92 Å². The molecule has 0 radical (unpaired) electrons. The van der Waals surface area contributed by atoms with E-state index in [0.29, 0.717) is 22.6 Å². The van der Waals surface area contributed by atoms with Gasteiger partial charge in [-0.25, -0.2) is 4.90 Å². The Morgan fingerprint density at radius 2 is 1.55 bits per heavy atom. The van der Waals surface area contributed by atoms with Gasteiger partial charge in [0, 0.05) is 0 Å². The Morgan fingerprint density at radius 1 is 0.950 bits per heavy atom. The average molecular weight is 267 g/mol. The molecule has 0 atom stereocenters. The minimum absolute atomic E-state index is 0.311. The Hall–Kier alpha value is -2.62. The molecule has 0 aliphatic carbocycles. The third kappa shape index (κ3) is 1.69. The normalized spacial score (nSPS) is 13.6. The lowest BCUT2D eigenvalue weighted by molar-refractivity contribution is 0.0925. The van der Waals surface area contributed by atoms with Crippen LogP contribution in [0.5, 0.6) is 5.75 Å². The quantitative estimate of drug-likeness (QED) is 0.786. The summed E-state index contributed by atoms with van der Waals surface area (Å²) in [4.78, 5) is 26.1. The molecule has 0 aromatic heterocycles. The third-order valence-corrected chi connectivity index (χ3v) is 3.37. The summed E-state index contributed by atoms with van der Waals surface area (Å²) in [5.74, 6) is -0.117. The first-order valence-electron chi connectivity index (χ1n) is 6.26. The Bertz CT molecular complexity index is 686. The minimum Gasteiger partial charge on any atom is -0.495 e. The molecule has 100 valence electrons. The molecule has 0 saturated carbocycles. The number of imide groups is 1. The van der Waals surface area contributed by atoms with Gasteiger partial charge < -0.3 is 4.74 Å². The molecule has 4 heteroatoms. The van der Waals surface area contributed by atoms with E-state index in [-0.39, 0.29) is 11.8 Å². The van der Waals surface area contributed by atoms with Crippen LogP contribution in [0.4, 0.5) is 5.69 Å². The number of benzene rings is 2. The lowest BCUT2D eigenvalue weighted by Gasteiger charge is -2.17. The van der Waals surface area contributed by atoms with Crippen LogP contribution in [0.1, 0.15) is 26.3 Å². The molecule has 20 heavy (non-hydrogen) atoms. The number of ether oxygens (including phenoxy) is 1. The fourth-order valence-electron chi connectivity index (χ4n) is 2.38. The number of rotatable bonds is 2. The van der Waals surface area contributed by atoms with E-state index in [0.717, 1.165) is 5.56 Å². The van der Waals surface area contributed by atoms with Gasteiger partial charge in [-0.2, -0.15) is 0 Å². The first-order valence-corrected chi connectivity index (χ1v) is 6.26. The number of nitrogens with zero attached hydrogens (tertiary/aromatic N) is 1. The SMILES string of the molecule is COc1ccc(C)cc1N1C(=O)c2ccccc2C1=O. The van der Waals surface area contributed by atoms with Crippen molar-refractivity contribution >= 4 is 17.5 Å². The van der Waals surface area contributed by atoms with Crippen LogP contribution in [-0.2, 0) is 0 Å². The van der Waals surface area contributed by atoms with Crippen LogP contribution in [0, 0.1) is 6.92 Å². The molecule has 4 nitrogen and oxygen atoms in total. The fourth-order valence-corrected chi connectivity index (χ4v) is 2.38. The van der Waals surface area contributed by atoms with Crippen LogP contribution < -0.4 is 9.64 Å². The monoisotopic (exact) mass is 267 g/mol. The molecule has 2 amide bonds. The molecule has 0 spiro atoms. The van der Waals surface area contributed by atoms with E-state index in [9.17, 15) is 9.59 Å². The highest BCUT2D eigenvalue weighted by Crippen LogP contribution is 2.35. The summed E-state index contributed by atoms with van der Waals surface area (Å²) in [7, 11) is 1.52. The standard InChI is InChI=1S/C16H13NO3/c1-10-7-8-14(20-2)13(9-10)17-15(18)11-5-3-4-6-12(11)16(17)19/h3-9H,1-2H3. The predicted molar refractivity (Wildman–Crippen MR) is 75.3 cm³/mol. The summed E-state index contributed by atoms with van der Waals surface area (Å²) < 4.78 is 5.26. The van der Waals surface area contributed by atoms with Gasteiger partial charge in [-0.15, -0.1) is 0 Å². The van der Waals surface area contributed by atoms with Gasteiger partial charge >= 0.3 is 0 Å². The minimum atomic E-state index is -0.311.